The summed E-state index contributed by atoms with van der Waals surface area (Å²) in [6.07, 6.45) is 2.39. The highest BCUT2D eigenvalue weighted by Gasteiger charge is 2.26. The van der Waals surface area contributed by atoms with Gasteiger partial charge >= 0.3 is 5.63 Å². The predicted molar refractivity (Wildman–Crippen MR) is 81.6 cm³/mol. The molecule has 0 saturated heterocycles. The predicted octanol–water partition coefficient (Wildman–Crippen LogP) is 4.04. The minimum atomic E-state index is -0.413. The van der Waals surface area contributed by atoms with E-state index >= 15 is 0 Å². The highest BCUT2D eigenvalue weighted by molar-refractivity contribution is 5.85. The van der Waals surface area contributed by atoms with E-state index in [9.17, 15) is 9.90 Å². The van der Waals surface area contributed by atoms with E-state index in [1.165, 1.54) is 24.5 Å². The maximum atomic E-state index is 12.1. The largest absolute Gasteiger partial charge is 0.508 e. The highest BCUT2D eigenvalue weighted by atomic mass is 16.4. The van der Waals surface area contributed by atoms with E-state index < -0.39 is 5.63 Å². The van der Waals surface area contributed by atoms with Gasteiger partial charge < -0.3 is 9.52 Å². The van der Waals surface area contributed by atoms with Crippen molar-refractivity contribution < 1.29 is 9.52 Å². The van der Waals surface area contributed by atoms with Crippen molar-refractivity contribution >= 4 is 10.8 Å². The Kier molecular flexibility index (Phi) is 2.61. The number of hydrogen-bond acceptors (Lipinski definition) is 3. The standard InChI is InChI=1S/C18H14O3/c19-13-8-7-12-9-17(21-18(20)16(12)10-13)15-4-2-1-3-14(15)11-5-6-11/h1-4,7-11,19H,5-6H2. The Hall–Kier alpha value is -2.55. The van der Waals surface area contributed by atoms with Crippen molar-refractivity contribution in [2.75, 3.05) is 0 Å². The first-order chi connectivity index (χ1) is 10.2. The van der Waals surface area contributed by atoms with Gasteiger partial charge in [0.15, 0.2) is 0 Å². The molecule has 104 valence electrons. The third-order valence-corrected chi connectivity index (χ3v) is 3.99. The second-order valence-corrected chi connectivity index (χ2v) is 5.53. The minimum Gasteiger partial charge on any atom is -0.508 e. The second-order valence-electron chi connectivity index (χ2n) is 5.53. The molecule has 1 aromatic heterocycles. The van der Waals surface area contributed by atoms with Gasteiger partial charge in [-0.3, -0.25) is 0 Å². The Morgan fingerprint density at radius 2 is 1.86 bits per heavy atom. The van der Waals surface area contributed by atoms with Crippen LogP contribution in [-0.2, 0) is 0 Å². The van der Waals surface area contributed by atoms with E-state index in [2.05, 4.69) is 6.07 Å². The quantitative estimate of drug-likeness (QED) is 0.769. The van der Waals surface area contributed by atoms with Gasteiger partial charge in [0.25, 0.3) is 0 Å². The topological polar surface area (TPSA) is 50.4 Å². The van der Waals surface area contributed by atoms with Crippen LogP contribution in [0.2, 0.25) is 0 Å². The average Bonchev–Trinajstić information content (AvgIpc) is 3.32. The summed E-state index contributed by atoms with van der Waals surface area (Å²) in [4.78, 5) is 12.1. The molecule has 1 aliphatic carbocycles. The zero-order valence-electron chi connectivity index (χ0n) is 11.4. The molecule has 3 heteroatoms. The van der Waals surface area contributed by atoms with E-state index in [0.717, 1.165) is 10.9 Å². The van der Waals surface area contributed by atoms with Crippen LogP contribution in [-0.4, -0.2) is 5.11 Å². The number of phenolic OH excluding ortho intramolecular Hbond substituents is 1. The Labute approximate surface area is 121 Å². The van der Waals surface area contributed by atoms with Crippen molar-refractivity contribution in [2.45, 2.75) is 18.8 Å². The van der Waals surface area contributed by atoms with Crippen LogP contribution < -0.4 is 5.63 Å². The number of rotatable bonds is 2. The van der Waals surface area contributed by atoms with Gasteiger partial charge in [-0.2, -0.15) is 0 Å². The van der Waals surface area contributed by atoms with Gasteiger partial charge in [-0.05, 0) is 47.9 Å². The van der Waals surface area contributed by atoms with Crippen molar-refractivity contribution in [3.8, 4) is 17.1 Å². The van der Waals surface area contributed by atoms with E-state index in [-0.39, 0.29) is 5.75 Å². The van der Waals surface area contributed by atoms with Gasteiger partial charge in [-0.15, -0.1) is 0 Å². The lowest BCUT2D eigenvalue weighted by atomic mass is 10.00. The molecule has 1 heterocycles. The third kappa shape index (κ3) is 2.11. The molecule has 1 fully saturated rings. The van der Waals surface area contributed by atoms with E-state index in [4.69, 9.17) is 4.42 Å². The summed E-state index contributed by atoms with van der Waals surface area (Å²) in [5.74, 6) is 1.25. The molecule has 2 aromatic carbocycles. The van der Waals surface area contributed by atoms with Crippen LogP contribution in [0.5, 0.6) is 5.75 Å². The Bertz CT molecular complexity index is 888. The first-order valence-electron chi connectivity index (χ1n) is 7.08. The molecule has 4 rings (SSSR count). The second kappa shape index (κ2) is 4.48. The normalized spacial score (nSPS) is 14.5. The van der Waals surface area contributed by atoms with Gasteiger partial charge in [0.05, 0.1) is 5.39 Å². The van der Waals surface area contributed by atoms with Crippen LogP contribution in [0.25, 0.3) is 22.1 Å². The summed E-state index contributed by atoms with van der Waals surface area (Å²) in [6.45, 7) is 0. The fraction of sp³-hybridized carbons (Fsp3) is 0.167. The van der Waals surface area contributed by atoms with Crippen LogP contribution in [0.1, 0.15) is 24.3 Å². The Morgan fingerprint density at radius 3 is 2.67 bits per heavy atom. The fourth-order valence-electron chi connectivity index (χ4n) is 2.78. The number of phenols is 1. The molecule has 3 aromatic rings. The lowest BCUT2D eigenvalue weighted by Crippen LogP contribution is -2.01. The van der Waals surface area contributed by atoms with Crippen LogP contribution in [0.15, 0.2) is 57.7 Å². The molecule has 0 atom stereocenters. The highest BCUT2D eigenvalue weighted by Crippen LogP contribution is 2.44. The molecule has 0 aliphatic heterocycles. The van der Waals surface area contributed by atoms with Crippen LogP contribution >= 0.6 is 0 Å². The molecule has 0 unspecified atom stereocenters. The summed E-state index contributed by atoms with van der Waals surface area (Å²) in [5, 5.41) is 10.7. The monoisotopic (exact) mass is 278 g/mol. The summed E-state index contributed by atoms with van der Waals surface area (Å²) in [5.41, 5.74) is 1.83. The molecule has 1 aliphatic rings. The fourth-order valence-corrected chi connectivity index (χ4v) is 2.78. The van der Waals surface area contributed by atoms with Gasteiger partial charge in [0.1, 0.15) is 11.5 Å². The van der Waals surface area contributed by atoms with Crippen molar-refractivity contribution in [3.05, 3.63) is 64.5 Å². The maximum Gasteiger partial charge on any atom is 0.344 e. The summed E-state index contributed by atoms with van der Waals surface area (Å²) >= 11 is 0. The number of aromatic hydroxyl groups is 1. The summed E-state index contributed by atoms with van der Waals surface area (Å²) < 4.78 is 5.48. The smallest absolute Gasteiger partial charge is 0.344 e. The van der Waals surface area contributed by atoms with Gasteiger partial charge in [-0.1, -0.05) is 30.3 Å². The minimum absolute atomic E-state index is 0.0703. The van der Waals surface area contributed by atoms with Crippen molar-refractivity contribution in [3.63, 3.8) is 0 Å². The zero-order valence-corrected chi connectivity index (χ0v) is 11.4. The molecular formula is C18H14O3. The lowest BCUT2D eigenvalue weighted by molar-refractivity contribution is 0.475. The zero-order chi connectivity index (χ0) is 14.4. The van der Waals surface area contributed by atoms with Gasteiger partial charge in [0.2, 0.25) is 0 Å². The summed E-state index contributed by atoms with van der Waals surface area (Å²) in [7, 11) is 0. The molecule has 0 bridgehead atoms. The third-order valence-electron chi connectivity index (χ3n) is 3.99. The van der Waals surface area contributed by atoms with E-state index in [1.807, 2.05) is 24.3 Å². The Morgan fingerprint density at radius 1 is 1.05 bits per heavy atom. The number of fused-ring (bicyclic) bond motifs is 1. The van der Waals surface area contributed by atoms with Crippen LogP contribution in [0.4, 0.5) is 0 Å². The van der Waals surface area contributed by atoms with Crippen molar-refractivity contribution in [1.82, 2.24) is 0 Å². The van der Waals surface area contributed by atoms with E-state index in [1.54, 1.807) is 12.1 Å². The van der Waals surface area contributed by atoms with Gasteiger partial charge in [-0.25, -0.2) is 4.79 Å². The molecule has 3 nitrogen and oxygen atoms in total. The molecule has 1 saturated carbocycles. The van der Waals surface area contributed by atoms with E-state index in [0.29, 0.717) is 17.1 Å². The maximum absolute atomic E-state index is 12.1. The molecule has 0 spiro atoms. The molecular weight excluding hydrogens is 264 g/mol. The average molecular weight is 278 g/mol. The molecule has 0 amide bonds. The molecule has 0 radical (unpaired) electrons. The van der Waals surface area contributed by atoms with Gasteiger partial charge in [0, 0.05) is 5.56 Å². The van der Waals surface area contributed by atoms with Crippen LogP contribution in [0.3, 0.4) is 0 Å². The van der Waals surface area contributed by atoms with Crippen molar-refractivity contribution in [2.24, 2.45) is 0 Å². The van der Waals surface area contributed by atoms with Crippen molar-refractivity contribution in [1.29, 1.82) is 0 Å². The summed E-state index contributed by atoms with van der Waals surface area (Å²) in [6, 6.07) is 14.7. The van der Waals surface area contributed by atoms with Crippen LogP contribution in [0, 0.1) is 0 Å². The Balaban J connectivity index is 1.95. The molecule has 21 heavy (non-hydrogen) atoms. The first kappa shape index (κ1) is 12.2. The SMILES string of the molecule is O=c1oc(-c2ccccc2C2CC2)cc2ccc(O)cc12. The lowest BCUT2D eigenvalue weighted by Gasteiger charge is -2.08. The first-order valence-corrected chi connectivity index (χ1v) is 7.08. The molecule has 1 N–H and O–H groups in total. The number of hydrogen-bond donors (Lipinski definition) is 1. The number of benzene rings is 2.